The van der Waals surface area contributed by atoms with E-state index in [1.54, 1.807) is 6.92 Å². The molecule has 1 fully saturated rings. The first kappa shape index (κ1) is 9.98. The number of nitrogens with one attached hydrogen (secondary N) is 1. The van der Waals surface area contributed by atoms with Crippen LogP contribution in [0.2, 0.25) is 0 Å². The van der Waals surface area contributed by atoms with Crippen molar-refractivity contribution in [3.63, 3.8) is 0 Å². The summed E-state index contributed by atoms with van der Waals surface area (Å²) >= 11 is 0. The first-order valence-electron chi connectivity index (χ1n) is 4.28. The summed E-state index contributed by atoms with van der Waals surface area (Å²) in [6.45, 7) is 2.62. The van der Waals surface area contributed by atoms with Gasteiger partial charge in [0.25, 0.3) is 0 Å². The molecule has 1 rings (SSSR count). The molecule has 0 aromatic heterocycles. The van der Waals surface area contributed by atoms with Crippen LogP contribution < -0.4 is 11.1 Å². The predicted molar refractivity (Wildman–Crippen MR) is 45.7 cm³/mol. The maximum Gasteiger partial charge on any atom is 0.239 e. The van der Waals surface area contributed by atoms with Gasteiger partial charge < -0.3 is 15.8 Å². The highest BCUT2D eigenvalue weighted by atomic mass is 16.5. The Kier molecular flexibility index (Phi) is 3.25. The molecule has 1 aliphatic heterocycles. The van der Waals surface area contributed by atoms with E-state index in [9.17, 15) is 9.59 Å². The van der Waals surface area contributed by atoms with Gasteiger partial charge in [-0.25, -0.2) is 0 Å². The minimum Gasteiger partial charge on any atom is -0.381 e. The second kappa shape index (κ2) is 4.23. The van der Waals surface area contributed by atoms with Crippen molar-refractivity contribution in [2.24, 2.45) is 11.7 Å². The van der Waals surface area contributed by atoms with Gasteiger partial charge in [-0.3, -0.25) is 9.59 Å². The quantitative estimate of drug-likeness (QED) is 0.594. The zero-order valence-corrected chi connectivity index (χ0v) is 7.58. The third kappa shape index (κ3) is 2.69. The van der Waals surface area contributed by atoms with Gasteiger partial charge in [-0.05, 0) is 13.3 Å². The van der Waals surface area contributed by atoms with E-state index >= 15 is 0 Å². The van der Waals surface area contributed by atoms with E-state index in [-0.39, 0.29) is 11.8 Å². The number of carbonyl (C=O) groups excluding carboxylic acids is 2. The zero-order valence-electron chi connectivity index (χ0n) is 7.58. The first-order chi connectivity index (χ1) is 6.11. The van der Waals surface area contributed by atoms with Crippen LogP contribution in [0.25, 0.3) is 0 Å². The lowest BCUT2D eigenvalue weighted by molar-refractivity contribution is -0.129. The van der Waals surface area contributed by atoms with Gasteiger partial charge in [0.05, 0.1) is 12.5 Å². The molecule has 13 heavy (non-hydrogen) atoms. The standard InChI is InChI=1S/C8H14N2O3/c1-5(7(9)11)10-8(12)6-2-3-13-4-6/h5-6H,2-4H2,1H3,(H2,9,11)(H,10,12)/t5-,6+/m1/s1. The van der Waals surface area contributed by atoms with Crippen molar-refractivity contribution in [3.8, 4) is 0 Å². The molecule has 1 saturated heterocycles. The third-order valence-electron chi connectivity index (χ3n) is 2.09. The molecule has 0 saturated carbocycles. The zero-order chi connectivity index (χ0) is 9.84. The fraction of sp³-hybridized carbons (Fsp3) is 0.750. The number of hydrogen-bond donors (Lipinski definition) is 2. The Balaban J connectivity index is 2.35. The molecule has 2 atom stereocenters. The fourth-order valence-electron chi connectivity index (χ4n) is 1.14. The number of hydrogen-bond acceptors (Lipinski definition) is 3. The summed E-state index contributed by atoms with van der Waals surface area (Å²) in [5, 5.41) is 2.53. The molecule has 0 aromatic carbocycles. The molecule has 0 aliphatic carbocycles. The number of amides is 2. The van der Waals surface area contributed by atoms with Crippen molar-refractivity contribution in [1.82, 2.24) is 5.32 Å². The van der Waals surface area contributed by atoms with Crippen LogP contribution in [-0.2, 0) is 14.3 Å². The number of rotatable bonds is 3. The molecule has 74 valence electrons. The van der Waals surface area contributed by atoms with Gasteiger partial charge in [0.2, 0.25) is 11.8 Å². The van der Waals surface area contributed by atoms with E-state index < -0.39 is 11.9 Å². The lowest BCUT2D eigenvalue weighted by Crippen LogP contribution is -2.44. The average molecular weight is 186 g/mol. The largest absolute Gasteiger partial charge is 0.381 e. The van der Waals surface area contributed by atoms with Gasteiger partial charge in [-0.2, -0.15) is 0 Å². The summed E-state index contributed by atoms with van der Waals surface area (Å²) in [6.07, 6.45) is 0.720. The minimum absolute atomic E-state index is 0.123. The smallest absolute Gasteiger partial charge is 0.239 e. The molecule has 1 heterocycles. The molecule has 0 bridgehead atoms. The number of nitrogens with two attached hydrogens (primary N) is 1. The van der Waals surface area contributed by atoms with Crippen molar-refractivity contribution in [2.45, 2.75) is 19.4 Å². The maximum atomic E-state index is 11.4. The summed E-state index contributed by atoms with van der Waals surface area (Å²) in [4.78, 5) is 22.0. The lowest BCUT2D eigenvalue weighted by atomic mass is 10.1. The van der Waals surface area contributed by atoms with Gasteiger partial charge in [0.1, 0.15) is 6.04 Å². The Morgan fingerprint density at radius 2 is 2.31 bits per heavy atom. The average Bonchev–Trinajstić information content (AvgIpc) is 2.55. The first-order valence-corrected chi connectivity index (χ1v) is 4.28. The van der Waals surface area contributed by atoms with Gasteiger partial charge in [0.15, 0.2) is 0 Å². The van der Waals surface area contributed by atoms with Crippen LogP contribution in [0.4, 0.5) is 0 Å². The van der Waals surface area contributed by atoms with Crippen LogP contribution >= 0.6 is 0 Å². The van der Waals surface area contributed by atoms with E-state index in [2.05, 4.69) is 5.32 Å². The molecule has 0 radical (unpaired) electrons. The lowest BCUT2D eigenvalue weighted by Gasteiger charge is -2.12. The molecular formula is C8H14N2O3. The molecule has 1 aliphatic rings. The summed E-state index contributed by atoms with van der Waals surface area (Å²) < 4.78 is 5.04. The van der Waals surface area contributed by atoms with Crippen LogP contribution in [0.5, 0.6) is 0 Å². The molecular weight excluding hydrogens is 172 g/mol. The molecule has 0 aromatic rings. The molecule has 2 amide bonds. The molecule has 3 N–H and O–H groups in total. The van der Waals surface area contributed by atoms with Gasteiger partial charge >= 0.3 is 0 Å². The number of carbonyl (C=O) groups is 2. The highest BCUT2D eigenvalue weighted by Gasteiger charge is 2.25. The van der Waals surface area contributed by atoms with Crippen LogP contribution in [0.3, 0.4) is 0 Å². The highest BCUT2D eigenvalue weighted by molar-refractivity contribution is 5.87. The Morgan fingerprint density at radius 3 is 2.77 bits per heavy atom. The van der Waals surface area contributed by atoms with Crippen LogP contribution in [-0.4, -0.2) is 31.1 Å². The molecule has 0 unspecified atom stereocenters. The van der Waals surface area contributed by atoms with Crippen molar-refractivity contribution in [3.05, 3.63) is 0 Å². The summed E-state index contributed by atoms with van der Waals surface area (Å²) in [7, 11) is 0. The van der Waals surface area contributed by atoms with Crippen LogP contribution in [0.15, 0.2) is 0 Å². The van der Waals surface area contributed by atoms with E-state index in [1.165, 1.54) is 0 Å². The van der Waals surface area contributed by atoms with Gasteiger partial charge in [-0.1, -0.05) is 0 Å². The monoisotopic (exact) mass is 186 g/mol. The fourth-order valence-corrected chi connectivity index (χ4v) is 1.14. The molecule has 5 heteroatoms. The second-order valence-electron chi connectivity index (χ2n) is 3.19. The highest BCUT2D eigenvalue weighted by Crippen LogP contribution is 2.11. The minimum atomic E-state index is -0.604. The van der Waals surface area contributed by atoms with E-state index in [1.807, 2.05) is 0 Å². The van der Waals surface area contributed by atoms with Gasteiger partial charge in [-0.15, -0.1) is 0 Å². The Hall–Kier alpha value is -1.10. The topological polar surface area (TPSA) is 81.4 Å². The second-order valence-corrected chi connectivity index (χ2v) is 3.19. The third-order valence-corrected chi connectivity index (χ3v) is 2.09. The Bertz CT molecular complexity index is 211. The Labute approximate surface area is 76.6 Å². The number of primary amides is 1. The van der Waals surface area contributed by atoms with E-state index in [0.717, 1.165) is 6.42 Å². The summed E-state index contributed by atoms with van der Waals surface area (Å²) in [6, 6.07) is -0.604. The molecule has 0 spiro atoms. The Morgan fingerprint density at radius 1 is 1.62 bits per heavy atom. The summed E-state index contributed by atoms with van der Waals surface area (Å²) in [5.41, 5.74) is 5.00. The number of ether oxygens (including phenoxy) is 1. The predicted octanol–water partition coefficient (Wildman–Crippen LogP) is -0.987. The van der Waals surface area contributed by atoms with Crippen molar-refractivity contribution in [1.29, 1.82) is 0 Å². The van der Waals surface area contributed by atoms with Crippen LogP contribution in [0.1, 0.15) is 13.3 Å². The van der Waals surface area contributed by atoms with Crippen LogP contribution in [0, 0.1) is 5.92 Å². The molecule has 5 nitrogen and oxygen atoms in total. The van der Waals surface area contributed by atoms with E-state index in [4.69, 9.17) is 10.5 Å². The summed E-state index contributed by atoms with van der Waals surface area (Å²) in [5.74, 6) is -0.794. The van der Waals surface area contributed by atoms with Crippen molar-refractivity contribution in [2.75, 3.05) is 13.2 Å². The van der Waals surface area contributed by atoms with E-state index in [0.29, 0.717) is 13.2 Å². The van der Waals surface area contributed by atoms with Gasteiger partial charge in [0, 0.05) is 6.61 Å². The normalized spacial score (nSPS) is 23.9. The van der Waals surface area contributed by atoms with Crippen molar-refractivity contribution < 1.29 is 14.3 Å². The van der Waals surface area contributed by atoms with Crippen molar-refractivity contribution >= 4 is 11.8 Å². The maximum absolute atomic E-state index is 11.4. The SMILES string of the molecule is C[C@@H](NC(=O)[C@H]1CCOC1)C(N)=O.